The van der Waals surface area contributed by atoms with Crippen LogP contribution in [0, 0.1) is 18.3 Å². The molecule has 0 amide bonds. The van der Waals surface area contributed by atoms with Crippen molar-refractivity contribution < 1.29 is 0 Å². The molecule has 5 heteroatoms. The molecule has 1 saturated heterocycles. The number of hydrogen-bond acceptors (Lipinski definition) is 5. The van der Waals surface area contributed by atoms with Gasteiger partial charge in [0.25, 0.3) is 0 Å². The Labute approximate surface area is 100 Å². The number of nitrogens with zero attached hydrogens (tertiary/aromatic N) is 4. The minimum Gasteiger partial charge on any atom is -0.295 e. The van der Waals surface area contributed by atoms with Crippen molar-refractivity contribution in [1.82, 2.24) is 14.8 Å². The van der Waals surface area contributed by atoms with Crippen LogP contribution in [0.2, 0.25) is 0 Å². The number of thiazole rings is 1. The number of aromatic nitrogens is 1. The highest BCUT2D eigenvalue weighted by atomic mass is 32.1. The average molecular weight is 236 g/mol. The molecule has 1 aromatic rings. The second kappa shape index (κ2) is 5.39. The average Bonchev–Trinajstić information content (AvgIpc) is 2.67. The molecule has 16 heavy (non-hydrogen) atoms. The van der Waals surface area contributed by atoms with E-state index in [0.29, 0.717) is 6.54 Å². The van der Waals surface area contributed by atoms with Crippen molar-refractivity contribution in [2.24, 2.45) is 0 Å². The largest absolute Gasteiger partial charge is 0.295 e. The van der Waals surface area contributed by atoms with Gasteiger partial charge in [-0.15, -0.1) is 11.3 Å². The fourth-order valence-corrected chi connectivity index (χ4v) is 2.52. The van der Waals surface area contributed by atoms with E-state index in [-0.39, 0.29) is 0 Å². The normalized spacial score (nSPS) is 18.5. The number of rotatable bonds is 3. The van der Waals surface area contributed by atoms with Gasteiger partial charge >= 0.3 is 0 Å². The molecule has 4 nitrogen and oxygen atoms in total. The van der Waals surface area contributed by atoms with Crippen LogP contribution in [0.4, 0.5) is 0 Å². The fourth-order valence-electron chi connectivity index (χ4n) is 1.92. The molecule has 0 N–H and O–H groups in total. The summed E-state index contributed by atoms with van der Waals surface area (Å²) in [5.74, 6) is 0. The van der Waals surface area contributed by atoms with Crippen molar-refractivity contribution in [1.29, 1.82) is 5.26 Å². The molecular formula is C11H16N4S. The standard InChI is InChI=1S/C11H16N4S/c1-10-13-11(9-16-10)8-15-6-4-14(3-2-12)5-7-15/h9H,3-8H2,1H3. The van der Waals surface area contributed by atoms with Gasteiger partial charge in [-0.1, -0.05) is 0 Å². The van der Waals surface area contributed by atoms with E-state index in [4.69, 9.17) is 5.26 Å². The first kappa shape index (κ1) is 11.5. The van der Waals surface area contributed by atoms with Gasteiger partial charge < -0.3 is 0 Å². The Kier molecular flexibility index (Phi) is 3.88. The maximum atomic E-state index is 8.61. The van der Waals surface area contributed by atoms with E-state index >= 15 is 0 Å². The summed E-state index contributed by atoms with van der Waals surface area (Å²) in [5.41, 5.74) is 1.18. The van der Waals surface area contributed by atoms with Crippen molar-refractivity contribution in [2.45, 2.75) is 13.5 Å². The minimum absolute atomic E-state index is 0.559. The smallest absolute Gasteiger partial charge is 0.0897 e. The van der Waals surface area contributed by atoms with Gasteiger partial charge in [0.2, 0.25) is 0 Å². The highest BCUT2D eigenvalue weighted by Gasteiger charge is 2.16. The summed E-state index contributed by atoms with van der Waals surface area (Å²) in [6.45, 7) is 7.62. The molecule has 2 rings (SSSR count). The molecule has 0 spiro atoms. The van der Waals surface area contributed by atoms with Gasteiger partial charge in [-0.05, 0) is 6.92 Å². The monoisotopic (exact) mass is 236 g/mol. The maximum Gasteiger partial charge on any atom is 0.0897 e. The third-order valence-electron chi connectivity index (χ3n) is 2.81. The number of hydrogen-bond donors (Lipinski definition) is 0. The second-order valence-electron chi connectivity index (χ2n) is 4.07. The lowest BCUT2D eigenvalue weighted by atomic mass is 10.3. The first-order valence-corrected chi connectivity index (χ1v) is 6.38. The van der Waals surface area contributed by atoms with Crippen molar-refractivity contribution in [3.8, 4) is 6.07 Å². The lowest BCUT2D eigenvalue weighted by molar-refractivity contribution is 0.137. The van der Waals surface area contributed by atoms with Gasteiger partial charge in [0.05, 0.1) is 23.3 Å². The Morgan fingerprint density at radius 2 is 2.06 bits per heavy atom. The van der Waals surface area contributed by atoms with Gasteiger partial charge in [0.1, 0.15) is 0 Å². The molecule has 0 saturated carbocycles. The van der Waals surface area contributed by atoms with Crippen LogP contribution in [-0.2, 0) is 6.54 Å². The van der Waals surface area contributed by atoms with E-state index in [2.05, 4.69) is 26.2 Å². The van der Waals surface area contributed by atoms with Crippen molar-refractivity contribution in [2.75, 3.05) is 32.7 Å². The first-order chi connectivity index (χ1) is 7.78. The van der Waals surface area contributed by atoms with Crippen molar-refractivity contribution in [3.05, 3.63) is 16.1 Å². The van der Waals surface area contributed by atoms with Crippen LogP contribution in [0.25, 0.3) is 0 Å². The van der Waals surface area contributed by atoms with Gasteiger partial charge in [0.15, 0.2) is 0 Å². The summed E-state index contributed by atoms with van der Waals surface area (Å²) in [6, 6.07) is 2.20. The summed E-state index contributed by atoms with van der Waals surface area (Å²) < 4.78 is 0. The zero-order valence-electron chi connectivity index (χ0n) is 9.52. The maximum absolute atomic E-state index is 8.61. The predicted octanol–water partition coefficient (Wildman–Crippen LogP) is 1.09. The zero-order valence-corrected chi connectivity index (χ0v) is 10.3. The summed E-state index contributed by atoms with van der Waals surface area (Å²) >= 11 is 1.71. The van der Waals surface area contributed by atoms with Crippen LogP contribution in [0.5, 0.6) is 0 Å². The van der Waals surface area contributed by atoms with E-state index in [1.165, 1.54) is 5.69 Å². The highest BCUT2D eigenvalue weighted by Crippen LogP contribution is 2.11. The Hall–Kier alpha value is -0.960. The number of piperazine rings is 1. The number of aryl methyl sites for hydroxylation is 1. The fraction of sp³-hybridized carbons (Fsp3) is 0.636. The van der Waals surface area contributed by atoms with Crippen molar-refractivity contribution in [3.63, 3.8) is 0 Å². The Bertz CT molecular complexity index is 374. The zero-order chi connectivity index (χ0) is 11.4. The predicted molar refractivity (Wildman–Crippen MR) is 64.2 cm³/mol. The number of nitriles is 1. The molecule has 0 bridgehead atoms. The molecule has 86 valence electrons. The lowest BCUT2D eigenvalue weighted by Crippen LogP contribution is -2.45. The van der Waals surface area contributed by atoms with Crippen LogP contribution in [0.15, 0.2) is 5.38 Å². The Balaban J connectivity index is 1.79. The SMILES string of the molecule is Cc1nc(CN2CCN(CC#N)CC2)cs1. The van der Waals surface area contributed by atoms with Gasteiger partial charge in [-0.2, -0.15) is 5.26 Å². The lowest BCUT2D eigenvalue weighted by Gasteiger charge is -2.32. The molecule has 0 unspecified atom stereocenters. The molecule has 0 aliphatic carbocycles. The summed E-state index contributed by atoms with van der Waals surface area (Å²) in [7, 11) is 0. The van der Waals surface area contributed by atoms with Crippen LogP contribution < -0.4 is 0 Å². The summed E-state index contributed by atoms with van der Waals surface area (Å²) in [6.07, 6.45) is 0. The van der Waals surface area contributed by atoms with Crippen LogP contribution in [-0.4, -0.2) is 47.5 Å². The van der Waals surface area contributed by atoms with Crippen LogP contribution >= 0.6 is 11.3 Å². The van der Waals surface area contributed by atoms with E-state index < -0.39 is 0 Å². The molecule has 1 fully saturated rings. The van der Waals surface area contributed by atoms with Gasteiger partial charge in [-0.3, -0.25) is 9.80 Å². The molecule has 0 radical (unpaired) electrons. The Morgan fingerprint density at radius 1 is 1.38 bits per heavy atom. The molecule has 1 aliphatic heterocycles. The summed E-state index contributed by atoms with van der Waals surface area (Å²) in [5, 5.41) is 11.9. The second-order valence-corrected chi connectivity index (χ2v) is 5.13. The topological polar surface area (TPSA) is 43.2 Å². The molecule has 1 aromatic heterocycles. The van der Waals surface area contributed by atoms with E-state index in [1.54, 1.807) is 11.3 Å². The van der Waals surface area contributed by atoms with Crippen LogP contribution in [0.1, 0.15) is 10.7 Å². The summed E-state index contributed by atoms with van der Waals surface area (Å²) in [4.78, 5) is 9.07. The minimum atomic E-state index is 0.559. The third-order valence-corrected chi connectivity index (χ3v) is 3.63. The molecule has 0 atom stereocenters. The molecule has 1 aliphatic rings. The highest BCUT2D eigenvalue weighted by molar-refractivity contribution is 7.09. The van der Waals surface area contributed by atoms with E-state index in [9.17, 15) is 0 Å². The van der Waals surface area contributed by atoms with E-state index in [1.807, 2.05) is 6.92 Å². The first-order valence-electron chi connectivity index (χ1n) is 5.50. The van der Waals surface area contributed by atoms with Gasteiger partial charge in [-0.25, -0.2) is 4.98 Å². The molecule has 0 aromatic carbocycles. The van der Waals surface area contributed by atoms with Crippen LogP contribution in [0.3, 0.4) is 0 Å². The Morgan fingerprint density at radius 3 is 2.62 bits per heavy atom. The quantitative estimate of drug-likeness (QED) is 0.737. The van der Waals surface area contributed by atoms with E-state index in [0.717, 1.165) is 37.7 Å². The molecule has 2 heterocycles. The third kappa shape index (κ3) is 3.01. The van der Waals surface area contributed by atoms with Gasteiger partial charge in [0, 0.05) is 38.1 Å². The molecular weight excluding hydrogens is 220 g/mol. The van der Waals surface area contributed by atoms with Crippen molar-refractivity contribution >= 4 is 11.3 Å².